The van der Waals surface area contributed by atoms with E-state index in [0.29, 0.717) is 27.7 Å². The van der Waals surface area contributed by atoms with Crippen molar-refractivity contribution in [2.24, 2.45) is 0 Å². The van der Waals surface area contributed by atoms with Crippen LogP contribution in [0.25, 0.3) is 10.9 Å². The zero-order valence-electron chi connectivity index (χ0n) is 20.6. The SMILES string of the molecule is CCc1ccccc1NC(=O)CSc1nc2ccccc2c(=O)n1Cc1ccc(C(=O)NC2CC2)cc1. The number of rotatable bonds is 9. The lowest BCUT2D eigenvalue weighted by molar-refractivity contribution is -0.113. The molecule has 1 aliphatic rings. The fraction of sp³-hybridized carbons (Fsp3) is 0.241. The number of hydrogen-bond donors (Lipinski definition) is 2. The van der Waals surface area contributed by atoms with E-state index in [1.807, 2.05) is 55.5 Å². The molecule has 0 unspecified atom stereocenters. The molecule has 1 saturated carbocycles. The Hall–Kier alpha value is -3.91. The monoisotopic (exact) mass is 512 g/mol. The number of carbonyl (C=O) groups excluding carboxylic acids is 2. The highest BCUT2D eigenvalue weighted by Crippen LogP contribution is 2.22. The quantitative estimate of drug-likeness (QED) is 0.252. The topological polar surface area (TPSA) is 93.1 Å². The van der Waals surface area contributed by atoms with E-state index in [4.69, 9.17) is 4.98 Å². The summed E-state index contributed by atoms with van der Waals surface area (Å²) in [4.78, 5) is 43.2. The third-order valence-corrected chi connectivity index (χ3v) is 7.28. The van der Waals surface area contributed by atoms with Gasteiger partial charge in [0, 0.05) is 17.3 Å². The van der Waals surface area contributed by atoms with Crippen LogP contribution < -0.4 is 16.2 Å². The first-order valence-corrected chi connectivity index (χ1v) is 13.4. The van der Waals surface area contributed by atoms with Crippen molar-refractivity contribution in [2.75, 3.05) is 11.1 Å². The molecule has 2 amide bonds. The van der Waals surface area contributed by atoms with E-state index in [9.17, 15) is 14.4 Å². The maximum atomic E-state index is 13.4. The van der Waals surface area contributed by atoms with E-state index in [0.717, 1.165) is 36.1 Å². The van der Waals surface area contributed by atoms with E-state index in [-0.39, 0.29) is 29.7 Å². The summed E-state index contributed by atoms with van der Waals surface area (Å²) in [6.07, 6.45) is 2.88. The fourth-order valence-corrected chi connectivity index (χ4v) is 4.90. The number of aryl methyl sites for hydroxylation is 1. The van der Waals surface area contributed by atoms with Gasteiger partial charge in [0.2, 0.25) is 5.91 Å². The Balaban J connectivity index is 1.37. The van der Waals surface area contributed by atoms with Gasteiger partial charge < -0.3 is 10.6 Å². The molecule has 37 heavy (non-hydrogen) atoms. The number of carbonyl (C=O) groups is 2. The van der Waals surface area contributed by atoms with Crippen LogP contribution in [0, 0.1) is 0 Å². The van der Waals surface area contributed by atoms with Crippen molar-refractivity contribution in [3.05, 3.63) is 99.8 Å². The average molecular weight is 513 g/mol. The molecular weight excluding hydrogens is 484 g/mol. The van der Waals surface area contributed by atoms with E-state index in [1.165, 1.54) is 11.8 Å². The Morgan fingerprint density at radius 2 is 1.73 bits per heavy atom. The summed E-state index contributed by atoms with van der Waals surface area (Å²) in [5.74, 6) is -0.125. The minimum Gasteiger partial charge on any atom is -0.349 e. The number of aromatic nitrogens is 2. The zero-order valence-corrected chi connectivity index (χ0v) is 21.4. The molecule has 0 spiro atoms. The first kappa shape index (κ1) is 24.8. The number of benzene rings is 3. The molecular formula is C29H28N4O3S. The molecule has 7 nitrogen and oxygen atoms in total. The number of fused-ring (bicyclic) bond motifs is 1. The number of anilines is 1. The van der Waals surface area contributed by atoms with Gasteiger partial charge >= 0.3 is 0 Å². The van der Waals surface area contributed by atoms with Crippen molar-refractivity contribution in [3.8, 4) is 0 Å². The molecule has 0 bridgehead atoms. The van der Waals surface area contributed by atoms with Crippen molar-refractivity contribution in [1.29, 1.82) is 0 Å². The maximum Gasteiger partial charge on any atom is 0.262 e. The lowest BCUT2D eigenvalue weighted by atomic mass is 10.1. The van der Waals surface area contributed by atoms with Gasteiger partial charge in [-0.3, -0.25) is 19.0 Å². The van der Waals surface area contributed by atoms with E-state index in [1.54, 1.807) is 28.8 Å². The van der Waals surface area contributed by atoms with Crippen LogP contribution in [0.3, 0.4) is 0 Å². The molecule has 2 N–H and O–H groups in total. The summed E-state index contributed by atoms with van der Waals surface area (Å²) in [7, 11) is 0. The molecule has 1 heterocycles. The lowest BCUT2D eigenvalue weighted by Crippen LogP contribution is -2.26. The van der Waals surface area contributed by atoms with Crippen LogP contribution in [-0.4, -0.2) is 33.2 Å². The highest BCUT2D eigenvalue weighted by Gasteiger charge is 2.23. The molecule has 4 aromatic rings. The van der Waals surface area contributed by atoms with Crippen LogP contribution in [0.5, 0.6) is 0 Å². The van der Waals surface area contributed by atoms with Gasteiger partial charge in [-0.1, -0.05) is 61.2 Å². The van der Waals surface area contributed by atoms with Crippen molar-refractivity contribution in [1.82, 2.24) is 14.9 Å². The van der Waals surface area contributed by atoms with Crippen LogP contribution in [-0.2, 0) is 17.8 Å². The first-order valence-electron chi connectivity index (χ1n) is 12.4. The Morgan fingerprint density at radius 3 is 2.49 bits per heavy atom. The van der Waals surface area contributed by atoms with Gasteiger partial charge in [-0.05, 0) is 60.7 Å². The average Bonchev–Trinajstić information content (AvgIpc) is 3.74. The van der Waals surface area contributed by atoms with Crippen LogP contribution >= 0.6 is 11.8 Å². The van der Waals surface area contributed by atoms with Crippen LogP contribution in [0.15, 0.2) is 82.7 Å². The molecule has 188 valence electrons. The molecule has 0 aliphatic heterocycles. The van der Waals surface area contributed by atoms with Gasteiger partial charge in [-0.25, -0.2) is 4.98 Å². The third kappa shape index (κ3) is 5.91. The van der Waals surface area contributed by atoms with E-state index < -0.39 is 0 Å². The number of nitrogens with one attached hydrogen (secondary N) is 2. The number of amides is 2. The summed E-state index contributed by atoms with van der Waals surface area (Å²) >= 11 is 1.23. The molecule has 0 radical (unpaired) electrons. The Bertz CT molecular complexity index is 1510. The van der Waals surface area contributed by atoms with Gasteiger partial charge in [-0.2, -0.15) is 0 Å². The molecule has 3 aromatic carbocycles. The van der Waals surface area contributed by atoms with Gasteiger partial charge in [0.05, 0.1) is 23.2 Å². The van der Waals surface area contributed by atoms with Crippen LogP contribution in [0.1, 0.15) is 41.3 Å². The summed E-state index contributed by atoms with van der Waals surface area (Å²) in [5.41, 5.74) is 3.75. The van der Waals surface area contributed by atoms with E-state index >= 15 is 0 Å². The number of hydrogen-bond acceptors (Lipinski definition) is 5. The molecule has 5 rings (SSSR count). The summed E-state index contributed by atoms with van der Waals surface area (Å²) in [5, 5.41) is 6.95. The van der Waals surface area contributed by atoms with Crippen molar-refractivity contribution in [3.63, 3.8) is 0 Å². The molecule has 1 aromatic heterocycles. The highest BCUT2D eigenvalue weighted by atomic mass is 32.2. The first-order chi connectivity index (χ1) is 18.0. The Kier molecular flexibility index (Phi) is 7.37. The smallest absolute Gasteiger partial charge is 0.262 e. The molecule has 1 fully saturated rings. The predicted molar refractivity (Wildman–Crippen MR) is 147 cm³/mol. The molecule has 1 aliphatic carbocycles. The standard InChI is InChI=1S/C29H28N4O3S/c1-2-20-7-3-5-9-24(20)31-26(34)18-37-29-32-25-10-6-4-8-23(25)28(36)33(29)17-19-11-13-21(14-12-19)27(35)30-22-15-16-22/h3-14,22H,2,15-18H2,1H3,(H,30,35)(H,31,34). The Labute approximate surface area is 219 Å². The Morgan fingerprint density at radius 1 is 1.00 bits per heavy atom. The van der Waals surface area contributed by atoms with E-state index in [2.05, 4.69) is 10.6 Å². The molecule has 8 heteroatoms. The molecule has 0 saturated heterocycles. The minimum absolute atomic E-state index is 0.0782. The van der Waals surface area contributed by atoms with Crippen molar-refractivity contribution in [2.45, 2.75) is 43.9 Å². The number of nitrogens with zero attached hydrogens (tertiary/aromatic N) is 2. The highest BCUT2D eigenvalue weighted by molar-refractivity contribution is 7.99. The predicted octanol–water partition coefficient (Wildman–Crippen LogP) is 4.63. The second-order valence-electron chi connectivity index (χ2n) is 9.10. The normalized spacial score (nSPS) is 12.9. The second-order valence-corrected chi connectivity index (χ2v) is 10.0. The number of para-hydroxylation sites is 2. The maximum absolute atomic E-state index is 13.4. The largest absolute Gasteiger partial charge is 0.349 e. The molecule has 0 atom stereocenters. The van der Waals surface area contributed by atoms with Gasteiger partial charge in [0.1, 0.15) is 0 Å². The lowest BCUT2D eigenvalue weighted by Gasteiger charge is -2.14. The number of thioether (sulfide) groups is 1. The third-order valence-electron chi connectivity index (χ3n) is 6.30. The van der Waals surface area contributed by atoms with Gasteiger partial charge in [-0.15, -0.1) is 0 Å². The van der Waals surface area contributed by atoms with Gasteiger partial charge in [0.25, 0.3) is 11.5 Å². The summed E-state index contributed by atoms with van der Waals surface area (Å²) in [6, 6.07) is 22.5. The minimum atomic E-state index is -0.166. The van der Waals surface area contributed by atoms with Crippen molar-refractivity contribution >= 4 is 40.2 Å². The second kappa shape index (κ2) is 11.0. The summed E-state index contributed by atoms with van der Waals surface area (Å²) < 4.78 is 1.60. The zero-order chi connectivity index (χ0) is 25.8. The van der Waals surface area contributed by atoms with Crippen LogP contribution in [0.4, 0.5) is 5.69 Å². The van der Waals surface area contributed by atoms with Crippen molar-refractivity contribution < 1.29 is 9.59 Å². The fourth-order valence-electron chi connectivity index (χ4n) is 4.10. The van der Waals surface area contributed by atoms with Crippen LogP contribution in [0.2, 0.25) is 0 Å². The summed E-state index contributed by atoms with van der Waals surface area (Å²) in [6.45, 7) is 2.33. The van der Waals surface area contributed by atoms with Gasteiger partial charge in [0.15, 0.2) is 5.16 Å².